The van der Waals surface area contributed by atoms with Crippen molar-refractivity contribution in [3.05, 3.63) is 59.3 Å². The fourth-order valence-corrected chi connectivity index (χ4v) is 6.22. The van der Waals surface area contributed by atoms with E-state index in [0.29, 0.717) is 28.7 Å². The number of fused-ring (bicyclic) bond motifs is 4. The van der Waals surface area contributed by atoms with Gasteiger partial charge in [0, 0.05) is 62.3 Å². The zero-order valence-electron chi connectivity index (χ0n) is 21.9. The van der Waals surface area contributed by atoms with Crippen LogP contribution in [0.5, 0.6) is 11.5 Å². The van der Waals surface area contributed by atoms with Crippen molar-refractivity contribution in [3.8, 4) is 11.5 Å². The molecule has 6 rings (SSSR count). The summed E-state index contributed by atoms with van der Waals surface area (Å²) in [5.74, 6) is -0.231. The smallest absolute Gasteiger partial charge is 0.387 e. The molecule has 2 aromatic carbocycles. The number of H-pyrrole nitrogens is 1. The number of aromatic hydroxyl groups is 1. The number of phenolic OH excluding ortho intramolecular Hbond substituents is 1. The van der Waals surface area contributed by atoms with Crippen molar-refractivity contribution in [2.45, 2.75) is 31.5 Å². The van der Waals surface area contributed by atoms with Crippen molar-refractivity contribution in [3.63, 3.8) is 0 Å². The molecule has 0 unspecified atom stereocenters. The predicted octanol–water partition coefficient (Wildman–Crippen LogP) is 3.39. The highest BCUT2D eigenvalue weighted by Crippen LogP contribution is 2.49. The Balaban J connectivity index is 1.41. The summed E-state index contributed by atoms with van der Waals surface area (Å²) in [7, 11) is 2.08. The minimum atomic E-state index is -2.96. The minimum Gasteiger partial charge on any atom is -0.508 e. The van der Waals surface area contributed by atoms with E-state index in [9.17, 15) is 23.5 Å². The number of piperazine rings is 1. The van der Waals surface area contributed by atoms with Gasteiger partial charge in [-0.05, 0) is 55.4 Å². The van der Waals surface area contributed by atoms with Gasteiger partial charge < -0.3 is 19.7 Å². The Hall–Kier alpha value is -3.70. The lowest BCUT2D eigenvalue weighted by Crippen LogP contribution is -2.53. The second-order valence-electron chi connectivity index (χ2n) is 10.8. The van der Waals surface area contributed by atoms with Crippen LogP contribution in [0, 0.1) is 0 Å². The largest absolute Gasteiger partial charge is 0.508 e. The van der Waals surface area contributed by atoms with Crippen LogP contribution in [-0.2, 0) is 11.2 Å². The number of rotatable bonds is 6. The van der Waals surface area contributed by atoms with Crippen molar-refractivity contribution in [2.75, 3.05) is 46.3 Å². The summed E-state index contributed by atoms with van der Waals surface area (Å²) < 4.78 is 30.6. The summed E-state index contributed by atoms with van der Waals surface area (Å²) in [4.78, 5) is 38.8. The average molecular weight is 540 g/mol. The number of benzene rings is 2. The number of likely N-dealkylation sites (N-methyl/N-ethyl adjacent to an activating group) is 1. The van der Waals surface area contributed by atoms with Crippen LogP contribution in [0.15, 0.2) is 42.5 Å². The van der Waals surface area contributed by atoms with Crippen LogP contribution >= 0.6 is 0 Å². The molecule has 0 aliphatic carbocycles. The zero-order chi connectivity index (χ0) is 27.5. The number of carbonyl (C=O) groups excluding carboxylic acids is 2. The Labute approximate surface area is 224 Å². The lowest BCUT2D eigenvalue weighted by Gasteiger charge is -2.42. The lowest BCUT2D eigenvalue weighted by molar-refractivity contribution is -0.133. The number of nitrogens with zero attached hydrogens (tertiary/aromatic N) is 4. The highest BCUT2D eigenvalue weighted by atomic mass is 19.3. The van der Waals surface area contributed by atoms with Gasteiger partial charge in [0.1, 0.15) is 23.1 Å². The first-order chi connectivity index (χ1) is 18.7. The first-order valence-electron chi connectivity index (χ1n) is 13.1. The molecule has 3 aliphatic heterocycles. The molecule has 2 N–H and O–H groups in total. The third-order valence-corrected chi connectivity index (χ3v) is 8.28. The first-order valence-corrected chi connectivity index (χ1v) is 13.1. The summed E-state index contributed by atoms with van der Waals surface area (Å²) in [6.45, 7) is 3.29. The van der Waals surface area contributed by atoms with E-state index in [4.69, 9.17) is 0 Å². The number of nitrogens with one attached hydrogen (secondary N) is 1. The molecule has 39 heavy (non-hydrogen) atoms. The van der Waals surface area contributed by atoms with E-state index in [-0.39, 0.29) is 36.4 Å². The van der Waals surface area contributed by atoms with Gasteiger partial charge in [-0.25, -0.2) is 4.79 Å². The molecule has 2 fully saturated rings. The standard InChI is InChI=1S/C28H31F2N5O4/c1-28-16-21-20-15-19(39-26(29)30)6-7-22(20)31-23(21)24(17-4-3-5-18(36)14-17)35(28)27(38)34(25(28)37)13-12-33-10-8-32(2)9-11-33/h3-7,14-15,24,26,31,36H,8-13,16H2,1-2H3/t24-,28+/m1/s1. The number of hydrogen-bond acceptors (Lipinski definition) is 6. The number of halogens is 2. The predicted molar refractivity (Wildman–Crippen MR) is 140 cm³/mol. The quantitative estimate of drug-likeness (QED) is 0.467. The van der Waals surface area contributed by atoms with Crippen LogP contribution in [0.1, 0.15) is 29.8 Å². The Morgan fingerprint density at radius 2 is 1.87 bits per heavy atom. The van der Waals surface area contributed by atoms with E-state index in [0.717, 1.165) is 31.7 Å². The second kappa shape index (κ2) is 9.49. The van der Waals surface area contributed by atoms with Gasteiger partial charge >= 0.3 is 12.6 Å². The summed E-state index contributed by atoms with van der Waals surface area (Å²) in [5.41, 5.74) is 1.57. The van der Waals surface area contributed by atoms with Gasteiger partial charge in [-0.2, -0.15) is 8.78 Å². The third-order valence-electron chi connectivity index (χ3n) is 8.28. The molecular formula is C28H31F2N5O4. The van der Waals surface area contributed by atoms with Crippen molar-refractivity contribution in [1.82, 2.24) is 24.6 Å². The molecule has 2 saturated heterocycles. The van der Waals surface area contributed by atoms with E-state index in [1.807, 2.05) is 0 Å². The van der Waals surface area contributed by atoms with Gasteiger partial charge in [-0.3, -0.25) is 19.5 Å². The maximum Gasteiger partial charge on any atom is 0.387 e. The molecule has 4 heterocycles. The Kier molecular flexibility index (Phi) is 6.22. The Morgan fingerprint density at radius 3 is 2.59 bits per heavy atom. The van der Waals surface area contributed by atoms with E-state index >= 15 is 0 Å². The molecule has 3 amide bonds. The van der Waals surface area contributed by atoms with Gasteiger partial charge in [-0.15, -0.1) is 0 Å². The zero-order valence-corrected chi connectivity index (χ0v) is 21.9. The Morgan fingerprint density at radius 1 is 1.10 bits per heavy atom. The summed E-state index contributed by atoms with van der Waals surface area (Å²) >= 11 is 0. The Bertz CT molecular complexity index is 1440. The van der Waals surface area contributed by atoms with Gasteiger partial charge in [0.2, 0.25) is 0 Å². The molecule has 0 spiro atoms. The molecule has 0 radical (unpaired) electrons. The molecule has 0 saturated carbocycles. The van der Waals surface area contributed by atoms with Crippen LogP contribution in [0.4, 0.5) is 13.6 Å². The maximum absolute atomic E-state index is 14.0. The van der Waals surface area contributed by atoms with Gasteiger partial charge in [-0.1, -0.05) is 12.1 Å². The monoisotopic (exact) mass is 539 g/mol. The molecular weight excluding hydrogens is 508 g/mol. The molecule has 3 aromatic rings. The van der Waals surface area contributed by atoms with Crippen LogP contribution in [0.2, 0.25) is 0 Å². The van der Waals surface area contributed by atoms with Crippen LogP contribution < -0.4 is 4.74 Å². The number of amides is 3. The van der Waals surface area contributed by atoms with E-state index in [1.54, 1.807) is 48.2 Å². The summed E-state index contributed by atoms with van der Waals surface area (Å²) in [5, 5.41) is 10.9. The number of phenols is 1. The molecule has 0 bridgehead atoms. The van der Waals surface area contributed by atoms with Crippen molar-refractivity contribution in [2.24, 2.45) is 0 Å². The highest BCUT2D eigenvalue weighted by molar-refractivity contribution is 6.08. The number of aromatic amines is 1. The molecule has 11 heteroatoms. The van der Waals surface area contributed by atoms with Gasteiger partial charge in [0.05, 0.1) is 0 Å². The lowest BCUT2D eigenvalue weighted by atomic mass is 9.81. The summed E-state index contributed by atoms with van der Waals surface area (Å²) in [6.07, 6.45) is 0.214. The fourth-order valence-electron chi connectivity index (χ4n) is 6.22. The number of imide groups is 1. The SMILES string of the molecule is CN1CCN(CCN2C(=O)N3[C@H](c4cccc(O)c4)c4[nH]c5ccc(OC(F)F)cc5c4C[C@@]3(C)C2=O)CC1. The number of carbonyl (C=O) groups is 2. The average Bonchev–Trinajstić information content (AvgIpc) is 3.33. The number of aromatic nitrogens is 1. The molecule has 206 valence electrons. The summed E-state index contributed by atoms with van der Waals surface area (Å²) in [6, 6.07) is 10.2. The van der Waals surface area contributed by atoms with Crippen molar-refractivity contribution < 1.29 is 28.2 Å². The molecule has 1 aromatic heterocycles. The number of hydrogen-bond donors (Lipinski definition) is 2. The second-order valence-corrected chi connectivity index (χ2v) is 10.8. The van der Waals surface area contributed by atoms with Gasteiger partial charge in [0.25, 0.3) is 5.91 Å². The number of urea groups is 1. The van der Waals surface area contributed by atoms with E-state index in [2.05, 4.69) is 26.6 Å². The first kappa shape index (κ1) is 25.6. The maximum atomic E-state index is 14.0. The molecule has 3 aliphatic rings. The van der Waals surface area contributed by atoms with E-state index in [1.165, 1.54) is 11.0 Å². The van der Waals surface area contributed by atoms with Gasteiger partial charge in [0.15, 0.2) is 0 Å². The molecule has 2 atom stereocenters. The van der Waals surface area contributed by atoms with E-state index < -0.39 is 18.2 Å². The fraction of sp³-hybridized carbons (Fsp3) is 0.429. The van der Waals surface area contributed by atoms with Crippen molar-refractivity contribution in [1.29, 1.82) is 0 Å². The van der Waals surface area contributed by atoms with Crippen LogP contribution in [-0.4, -0.2) is 100 Å². The highest BCUT2D eigenvalue weighted by Gasteiger charge is 2.60. The molecule has 9 nitrogen and oxygen atoms in total. The minimum absolute atomic E-state index is 0.0171. The number of alkyl halides is 2. The third kappa shape index (κ3) is 4.29. The normalized spacial score (nSPS) is 24.1. The van der Waals surface area contributed by atoms with Crippen molar-refractivity contribution >= 4 is 22.8 Å². The topological polar surface area (TPSA) is 92.4 Å². The van der Waals surface area contributed by atoms with Crippen LogP contribution in [0.25, 0.3) is 10.9 Å². The van der Waals surface area contributed by atoms with Crippen LogP contribution in [0.3, 0.4) is 0 Å². The number of ether oxygens (including phenoxy) is 1.